The van der Waals surface area contributed by atoms with E-state index < -0.39 is 23.2 Å². The summed E-state index contributed by atoms with van der Waals surface area (Å²) in [6.07, 6.45) is 0. The number of rotatable bonds is 1. The molecule has 0 saturated heterocycles. The molecule has 0 aliphatic rings. The molecular weight excluding hydrogens is 177 g/mol. The molecule has 0 radical (unpaired) electrons. The average molecular weight is 180 g/mol. The van der Waals surface area contributed by atoms with Gasteiger partial charge in [-0.25, -0.2) is 8.78 Å². The van der Waals surface area contributed by atoms with Gasteiger partial charge in [0.15, 0.2) is 0 Å². The van der Waals surface area contributed by atoms with Crippen LogP contribution in [-0.2, 0) is 0 Å². The van der Waals surface area contributed by atoms with Crippen LogP contribution >= 0.6 is 0 Å². The third-order valence-corrected chi connectivity index (χ3v) is 1.15. The van der Waals surface area contributed by atoms with Crippen LogP contribution in [0.5, 0.6) is 0 Å². The smallest absolute Gasteiger partial charge is 0.545 e. The maximum Gasteiger partial charge on any atom is 1.00 e. The molecule has 0 N–H and O–H groups in total. The number of carbonyl (C=O) groups excluding carboxylic acids is 1. The van der Waals surface area contributed by atoms with Crippen LogP contribution in [0.4, 0.5) is 8.78 Å². The van der Waals surface area contributed by atoms with Crippen LogP contribution in [0.3, 0.4) is 0 Å². The SMILES string of the molecule is O=C([O-])c1ccc(F)cc1F.[Na+]. The number of carbonyl (C=O) groups is 1. The summed E-state index contributed by atoms with van der Waals surface area (Å²) in [7, 11) is 0. The molecule has 0 amide bonds. The van der Waals surface area contributed by atoms with Crippen molar-refractivity contribution < 1.29 is 48.2 Å². The molecule has 12 heavy (non-hydrogen) atoms. The quantitative estimate of drug-likeness (QED) is 0.442. The van der Waals surface area contributed by atoms with E-state index in [1.807, 2.05) is 0 Å². The van der Waals surface area contributed by atoms with E-state index in [0.717, 1.165) is 12.1 Å². The maximum atomic E-state index is 12.4. The molecule has 1 aromatic rings. The Kier molecular flexibility index (Phi) is 4.37. The van der Waals surface area contributed by atoms with Gasteiger partial charge in [-0.15, -0.1) is 0 Å². The van der Waals surface area contributed by atoms with E-state index in [2.05, 4.69) is 0 Å². The van der Waals surface area contributed by atoms with Gasteiger partial charge in [-0.2, -0.15) is 0 Å². The van der Waals surface area contributed by atoms with Crippen LogP contribution in [0.25, 0.3) is 0 Å². The predicted octanol–water partition coefficient (Wildman–Crippen LogP) is -2.67. The van der Waals surface area contributed by atoms with Gasteiger partial charge >= 0.3 is 29.6 Å². The Labute approximate surface area is 89.5 Å². The fourth-order valence-corrected chi connectivity index (χ4v) is 0.655. The molecule has 58 valence electrons. The van der Waals surface area contributed by atoms with E-state index in [9.17, 15) is 18.7 Å². The van der Waals surface area contributed by atoms with E-state index in [4.69, 9.17) is 0 Å². The molecule has 0 aliphatic carbocycles. The van der Waals surface area contributed by atoms with Crippen molar-refractivity contribution in [1.82, 2.24) is 0 Å². The summed E-state index contributed by atoms with van der Waals surface area (Å²) >= 11 is 0. The zero-order valence-corrected chi connectivity index (χ0v) is 8.30. The molecule has 5 heteroatoms. The van der Waals surface area contributed by atoms with E-state index in [-0.39, 0.29) is 29.6 Å². The van der Waals surface area contributed by atoms with Gasteiger partial charge < -0.3 is 9.90 Å². The number of carboxylic acid groups (broad SMARTS) is 1. The van der Waals surface area contributed by atoms with E-state index >= 15 is 0 Å². The fourth-order valence-electron chi connectivity index (χ4n) is 0.655. The number of hydrogen-bond donors (Lipinski definition) is 0. The minimum atomic E-state index is -1.65. The normalized spacial score (nSPS) is 8.83. The topological polar surface area (TPSA) is 40.1 Å². The third-order valence-electron chi connectivity index (χ3n) is 1.15. The molecular formula is C7H3F2NaO2. The number of hydrogen-bond acceptors (Lipinski definition) is 2. The van der Waals surface area contributed by atoms with Gasteiger partial charge in [0.25, 0.3) is 0 Å². The molecule has 0 spiro atoms. The summed E-state index contributed by atoms with van der Waals surface area (Å²) < 4.78 is 24.6. The van der Waals surface area contributed by atoms with Crippen molar-refractivity contribution in [3.8, 4) is 0 Å². The van der Waals surface area contributed by atoms with Crippen molar-refractivity contribution in [3.63, 3.8) is 0 Å². The van der Waals surface area contributed by atoms with Crippen molar-refractivity contribution in [2.75, 3.05) is 0 Å². The van der Waals surface area contributed by atoms with Crippen molar-refractivity contribution in [2.24, 2.45) is 0 Å². The molecule has 0 saturated carbocycles. The molecule has 0 atom stereocenters. The Morgan fingerprint density at radius 2 is 1.92 bits per heavy atom. The van der Waals surface area contributed by atoms with Crippen LogP contribution in [0.1, 0.15) is 10.4 Å². The average Bonchev–Trinajstić information content (AvgIpc) is 1.85. The number of carboxylic acids is 1. The van der Waals surface area contributed by atoms with Gasteiger partial charge in [0.1, 0.15) is 11.6 Å². The van der Waals surface area contributed by atoms with Crippen molar-refractivity contribution in [1.29, 1.82) is 0 Å². The van der Waals surface area contributed by atoms with Crippen molar-refractivity contribution >= 4 is 5.97 Å². The Balaban J connectivity index is 0.00000121. The zero-order chi connectivity index (χ0) is 8.43. The Hall–Kier alpha value is -0.450. The predicted molar refractivity (Wildman–Crippen MR) is 30.7 cm³/mol. The van der Waals surface area contributed by atoms with Crippen molar-refractivity contribution in [3.05, 3.63) is 35.4 Å². The summed E-state index contributed by atoms with van der Waals surface area (Å²) in [4.78, 5) is 10.1. The van der Waals surface area contributed by atoms with Crippen molar-refractivity contribution in [2.45, 2.75) is 0 Å². The summed E-state index contributed by atoms with van der Waals surface area (Å²) in [5.74, 6) is -3.58. The molecule has 1 aromatic carbocycles. The van der Waals surface area contributed by atoms with Crippen LogP contribution in [0.15, 0.2) is 18.2 Å². The molecule has 2 nitrogen and oxygen atoms in total. The van der Waals surface area contributed by atoms with Gasteiger partial charge in [0.05, 0.1) is 5.97 Å². The Morgan fingerprint density at radius 3 is 2.33 bits per heavy atom. The maximum absolute atomic E-state index is 12.4. The van der Waals surface area contributed by atoms with E-state index in [0.29, 0.717) is 6.07 Å². The second kappa shape index (κ2) is 4.54. The van der Waals surface area contributed by atoms with Gasteiger partial charge in [0.2, 0.25) is 0 Å². The Morgan fingerprint density at radius 1 is 1.33 bits per heavy atom. The zero-order valence-electron chi connectivity index (χ0n) is 6.30. The van der Waals surface area contributed by atoms with Crippen LogP contribution in [0.2, 0.25) is 0 Å². The molecule has 0 unspecified atom stereocenters. The number of aromatic carboxylic acids is 1. The summed E-state index contributed by atoms with van der Waals surface area (Å²) in [6.45, 7) is 0. The number of halogens is 2. The van der Waals surface area contributed by atoms with Gasteiger partial charge in [0, 0.05) is 11.6 Å². The van der Waals surface area contributed by atoms with E-state index in [1.54, 1.807) is 0 Å². The first-order chi connectivity index (χ1) is 5.11. The number of benzene rings is 1. The van der Waals surface area contributed by atoms with Gasteiger partial charge in [-0.1, -0.05) is 0 Å². The minimum Gasteiger partial charge on any atom is -0.545 e. The minimum absolute atomic E-state index is 0. The fraction of sp³-hybridized carbons (Fsp3) is 0. The van der Waals surface area contributed by atoms with E-state index in [1.165, 1.54) is 0 Å². The van der Waals surface area contributed by atoms with Gasteiger partial charge in [-0.05, 0) is 12.1 Å². The molecule has 0 heterocycles. The second-order valence-electron chi connectivity index (χ2n) is 1.91. The molecule has 0 bridgehead atoms. The first-order valence-corrected chi connectivity index (χ1v) is 2.77. The molecule has 0 aliphatic heterocycles. The first kappa shape index (κ1) is 11.6. The molecule has 1 rings (SSSR count). The molecule has 0 aromatic heterocycles. The summed E-state index contributed by atoms with van der Waals surface area (Å²) in [5, 5.41) is 10.1. The van der Waals surface area contributed by atoms with Gasteiger partial charge in [-0.3, -0.25) is 0 Å². The second-order valence-corrected chi connectivity index (χ2v) is 1.91. The standard InChI is InChI=1S/C7H4F2O2.Na/c8-4-1-2-5(7(10)11)6(9)3-4;/h1-3H,(H,10,11);/q;+1/p-1. The third kappa shape index (κ3) is 2.55. The molecule has 0 fully saturated rings. The van der Waals surface area contributed by atoms with Crippen LogP contribution in [-0.4, -0.2) is 5.97 Å². The Bertz CT molecular complexity index is 301. The monoisotopic (exact) mass is 180 g/mol. The van der Waals surface area contributed by atoms with Crippen LogP contribution in [0, 0.1) is 11.6 Å². The van der Waals surface area contributed by atoms with Crippen LogP contribution < -0.4 is 34.7 Å². The summed E-state index contributed by atoms with van der Waals surface area (Å²) in [5.41, 5.74) is -0.633. The summed E-state index contributed by atoms with van der Waals surface area (Å²) in [6, 6.07) is 2.17. The largest absolute Gasteiger partial charge is 1.00 e. The first-order valence-electron chi connectivity index (χ1n) is 2.77.